The van der Waals surface area contributed by atoms with Crippen LogP contribution < -0.4 is 10.0 Å². The van der Waals surface area contributed by atoms with Gasteiger partial charge in [-0.05, 0) is 55.0 Å². The number of hydrogen-bond donors (Lipinski definition) is 2. The van der Waals surface area contributed by atoms with Crippen molar-refractivity contribution in [3.05, 3.63) is 51.7 Å². The Bertz CT molecular complexity index is 823. The maximum atomic E-state index is 12.2. The van der Waals surface area contributed by atoms with E-state index in [0.717, 1.165) is 23.3 Å². The van der Waals surface area contributed by atoms with Gasteiger partial charge in [0, 0.05) is 16.5 Å². The predicted molar refractivity (Wildman–Crippen MR) is 90.0 cm³/mol. The highest BCUT2D eigenvalue weighted by Crippen LogP contribution is 2.22. The molecule has 1 saturated carbocycles. The number of amides is 1. The Labute approximate surface area is 139 Å². The highest BCUT2D eigenvalue weighted by Gasteiger charge is 2.28. The van der Waals surface area contributed by atoms with Crippen molar-refractivity contribution in [1.82, 2.24) is 10.0 Å². The van der Waals surface area contributed by atoms with E-state index in [1.165, 1.54) is 12.1 Å². The molecular weight excluding hydrogens is 332 g/mol. The third-order valence-corrected chi connectivity index (χ3v) is 6.22. The van der Waals surface area contributed by atoms with Gasteiger partial charge in [-0.15, -0.1) is 11.3 Å². The van der Waals surface area contributed by atoms with E-state index >= 15 is 0 Å². The number of sulfonamides is 1. The van der Waals surface area contributed by atoms with Crippen molar-refractivity contribution in [3.63, 3.8) is 0 Å². The molecular formula is C16H18N2O3S2. The molecule has 0 atom stereocenters. The van der Waals surface area contributed by atoms with Crippen molar-refractivity contribution in [2.24, 2.45) is 0 Å². The number of thiophene rings is 1. The van der Waals surface area contributed by atoms with Crippen molar-refractivity contribution in [2.45, 2.75) is 37.2 Å². The van der Waals surface area contributed by atoms with Crippen LogP contribution in [0.25, 0.3) is 0 Å². The van der Waals surface area contributed by atoms with Crippen LogP contribution in [0, 0.1) is 6.92 Å². The molecule has 3 rings (SSSR count). The molecule has 2 aromatic rings. The highest BCUT2D eigenvalue weighted by atomic mass is 32.2. The van der Waals surface area contributed by atoms with Crippen LogP contribution in [0.3, 0.4) is 0 Å². The molecule has 0 saturated heterocycles. The lowest BCUT2D eigenvalue weighted by molar-refractivity contribution is 0.0951. The Morgan fingerprint density at radius 2 is 2.09 bits per heavy atom. The lowest BCUT2D eigenvalue weighted by Gasteiger charge is -2.08. The van der Waals surface area contributed by atoms with E-state index in [0.29, 0.717) is 12.1 Å². The number of rotatable bonds is 6. The Hall–Kier alpha value is -1.70. The normalized spacial score (nSPS) is 14.7. The zero-order valence-electron chi connectivity index (χ0n) is 12.7. The van der Waals surface area contributed by atoms with Crippen molar-refractivity contribution in [1.29, 1.82) is 0 Å². The molecule has 0 bridgehead atoms. The van der Waals surface area contributed by atoms with Crippen LogP contribution in [0.15, 0.2) is 40.6 Å². The minimum Gasteiger partial charge on any atom is -0.347 e. The standard InChI is InChI=1S/C16H18N2O3S2/c1-11-7-8-22-15(11)10-17-16(19)12-3-2-4-14(9-12)23(20,21)18-13-5-6-13/h2-4,7-9,13,18H,5-6,10H2,1H3,(H,17,19). The monoisotopic (exact) mass is 350 g/mol. The average Bonchev–Trinajstić information content (AvgIpc) is 3.24. The van der Waals surface area contributed by atoms with Crippen LogP contribution in [-0.2, 0) is 16.6 Å². The largest absolute Gasteiger partial charge is 0.347 e. The zero-order chi connectivity index (χ0) is 16.4. The predicted octanol–water partition coefficient (Wildman–Crippen LogP) is 2.43. The Morgan fingerprint density at radius 1 is 1.30 bits per heavy atom. The lowest BCUT2D eigenvalue weighted by Crippen LogP contribution is -2.27. The Kier molecular flexibility index (Phi) is 4.52. The topological polar surface area (TPSA) is 75.3 Å². The fourth-order valence-electron chi connectivity index (χ4n) is 2.14. The second-order valence-corrected chi connectivity index (χ2v) is 8.35. The van der Waals surface area contributed by atoms with Gasteiger partial charge in [0.25, 0.3) is 5.91 Å². The Balaban J connectivity index is 1.71. The third kappa shape index (κ3) is 3.99. The summed E-state index contributed by atoms with van der Waals surface area (Å²) in [5.41, 5.74) is 1.48. The summed E-state index contributed by atoms with van der Waals surface area (Å²) in [6.07, 6.45) is 1.75. The second kappa shape index (κ2) is 6.43. The van der Waals surface area contributed by atoms with E-state index in [9.17, 15) is 13.2 Å². The number of carbonyl (C=O) groups excluding carboxylic acids is 1. The number of aryl methyl sites for hydroxylation is 1. The third-order valence-electron chi connectivity index (χ3n) is 3.68. The van der Waals surface area contributed by atoms with E-state index in [-0.39, 0.29) is 16.8 Å². The summed E-state index contributed by atoms with van der Waals surface area (Å²) < 4.78 is 27.0. The van der Waals surface area contributed by atoms with Crippen molar-refractivity contribution < 1.29 is 13.2 Å². The van der Waals surface area contributed by atoms with Gasteiger partial charge in [0.15, 0.2) is 0 Å². The summed E-state index contributed by atoms with van der Waals surface area (Å²) in [4.78, 5) is 13.5. The summed E-state index contributed by atoms with van der Waals surface area (Å²) in [7, 11) is -3.55. The van der Waals surface area contributed by atoms with Crippen LogP contribution in [0.4, 0.5) is 0 Å². The summed E-state index contributed by atoms with van der Waals surface area (Å²) in [5.74, 6) is -0.277. The molecule has 23 heavy (non-hydrogen) atoms. The Morgan fingerprint density at radius 3 is 2.74 bits per heavy atom. The molecule has 0 unspecified atom stereocenters. The van der Waals surface area contributed by atoms with Gasteiger partial charge in [-0.1, -0.05) is 6.07 Å². The molecule has 1 aliphatic rings. The van der Waals surface area contributed by atoms with Crippen LogP contribution >= 0.6 is 11.3 Å². The molecule has 1 fully saturated rings. The van der Waals surface area contributed by atoms with Gasteiger partial charge < -0.3 is 5.32 Å². The molecule has 1 aliphatic carbocycles. The molecule has 0 spiro atoms. The summed E-state index contributed by atoms with van der Waals surface area (Å²) in [5, 5.41) is 4.81. The summed E-state index contributed by atoms with van der Waals surface area (Å²) >= 11 is 1.59. The molecule has 1 heterocycles. The second-order valence-electron chi connectivity index (χ2n) is 5.63. The van der Waals surface area contributed by atoms with E-state index in [2.05, 4.69) is 10.0 Å². The minimum absolute atomic E-state index is 0.0410. The van der Waals surface area contributed by atoms with Crippen molar-refractivity contribution in [3.8, 4) is 0 Å². The zero-order valence-corrected chi connectivity index (χ0v) is 14.3. The first kappa shape index (κ1) is 16.2. The maximum Gasteiger partial charge on any atom is 0.251 e. The van der Waals surface area contributed by atoms with E-state index in [1.54, 1.807) is 23.5 Å². The van der Waals surface area contributed by atoms with Gasteiger partial charge in [0.2, 0.25) is 10.0 Å². The fourth-order valence-corrected chi connectivity index (χ4v) is 4.34. The van der Waals surface area contributed by atoms with E-state index in [4.69, 9.17) is 0 Å². The molecule has 1 amide bonds. The van der Waals surface area contributed by atoms with Crippen LogP contribution in [0.5, 0.6) is 0 Å². The summed E-state index contributed by atoms with van der Waals surface area (Å²) in [6.45, 7) is 2.44. The maximum absolute atomic E-state index is 12.2. The van der Waals surface area contributed by atoms with Gasteiger partial charge in [-0.2, -0.15) is 0 Å². The first-order valence-electron chi connectivity index (χ1n) is 7.39. The van der Waals surface area contributed by atoms with Crippen molar-refractivity contribution >= 4 is 27.3 Å². The van der Waals surface area contributed by atoms with Crippen LogP contribution in [0.1, 0.15) is 33.6 Å². The minimum atomic E-state index is -3.55. The first-order valence-corrected chi connectivity index (χ1v) is 9.75. The number of benzene rings is 1. The first-order chi connectivity index (χ1) is 11.0. The quantitative estimate of drug-likeness (QED) is 0.840. The van der Waals surface area contributed by atoms with Gasteiger partial charge in [-0.25, -0.2) is 13.1 Å². The summed E-state index contributed by atoms with van der Waals surface area (Å²) in [6, 6.07) is 8.17. The van der Waals surface area contributed by atoms with Gasteiger partial charge >= 0.3 is 0 Å². The van der Waals surface area contributed by atoms with Gasteiger partial charge in [-0.3, -0.25) is 4.79 Å². The average molecular weight is 350 g/mol. The molecule has 7 heteroatoms. The molecule has 0 aliphatic heterocycles. The number of nitrogens with one attached hydrogen (secondary N) is 2. The molecule has 0 radical (unpaired) electrons. The van der Waals surface area contributed by atoms with Crippen LogP contribution in [0.2, 0.25) is 0 Å². The van der Waals surface area contributed by atoms with E-state index in [1.807, 2.05) is 18.4 Å². The SMILES string of the molecule is Cc1ccsc1CNC(=O)c1cccc(S(=O)(=O)NC2CC2)c1. The van der Waals surface area contributed by atoms with Gasteiger partial charge in [0.05, 0.1) is 11.4 Å². The molecule has 5 nitrogen and oxygen atoms in total. The smallest absolute Gasteiger partial charge is 0.251 e. The fraction of sp³-hybridized carbons (Fsp3) is 0.312. The number of carbonyl (C=O) groups is 1. The van der Waals surface area contributed by atoms with Crippen LogP contribution in [-0.4, -0.2) is 20.4 Å². The molecule has 1 aromatic carbocycles. The van der Waals surface area contributed by atoms with Crippen molar-refractivity contribution in [2.75, 3.05) is 0 Å². The lowest BCUT2D eigenvalue weighted by atomic mass is 10.2. The van der Waals surface area contributed by atoms with E-state index < -0.39 is 10.0 Å². The molecule has 1 aromatic heterocycles. The highest BCUT2D eigenvalue weighted by molar-refractivity contribution is 7.89. The molecule has 122 valence electrons. The van der Waals surface area contributed by atoms with Gasteiger partial charge in [0.1, 0.15) is 0 Å². The molecule has 2 N–H and O–H groups in total. The number of hydrogen-bond acceptors (Lipinski definition) is 4.